The minimum absolute atomic E-state index is 0.620. The topological polar surface area (TPSA) is 48.5 Å². The fraction of sp³-hybridized carbons (Fsp3) is 0. The van der Waals surface area contributed by atoms with E-state index < -0.39 is 0 Å². The number of aromatic nitrogens is 5. The monoisotopic (exact) mass is 791 g/mol. The summed E-state index contributed by atoms with van der Waals surface area (Å²) in [6.07, 6.45) is 0. The highest BCUT2D eigenvalue weighted by atomic mass is 15.0. The zero-order valence-corrected chi connectivity index (χ0v) is 33.6. The lowest BCUT2D eigenvalue weighted by Crippen LogP contribution is -2.01. The second kappa shape index (κ2) is 14.7. The fourth-order valence-corrected chi connectivity index (χ4v) is 9.01. The van der Waals surface area contributed by atoms with E-state index in [4.69, 9.17) is 15.0 Å². The molecule has 0 fully saturated rings. The molecule has 0 N–H and O–H groups in total. The summed E-state index contributed by atoms with van der Waals surface area (Å²) in [5, 5.41) is 4.88. The summed E-state index contributed by atoms with van der Waals surface area (Å²) in [4.78, 5) is 15.2. The maximum Gasteiger partial charge on any atom is 0.164 e. The van der Waals surface area contributed by atoms with Gasteiger partial charge in [0.05, 0.1) is 22.1 Å². The van der Waals surface area contributed by atoms with Crippen LogP contribution in [0.5, 0.6) is 0 Å². The summed E-state index contributed by atoms with van der Waals surface area (Å²) in [6, 6.07) is 79.3. The van der Waals surface area contributed by atoms with E-state index in [1.807, 2.05) is 36.4 Å². The van der Waals surface area contributed by atoms with Crippen molar-refractivity contribution < 1.29 is 0 Å². The van der Waals surface area contributed by atoms with E-state index in [0.717, 1.165) is 44.7 Å². The molecule has 0 bridgehead atoms. The third kappa shape index (κ3) is 6.06. The van der Waals surface area contributed by atoms with Crippen LogP contribution in [0.25, 0.3) is 111 Å². The smallest absolute Gasteiger partial charge is 0.164 e. The van der Waals surface area contributed by atoms with Gasteiger partial charge in [-0.2, -0.15) is 0 Å². The van der Waals surface area contributed by atoms with Gasteiger partial charge in [0.1, 0.15) is 0 Å². The van der Waals surface area contributed by atoms with Crippen LogP contribution in [-0.4, -0.2) is 24.1 Å². The minimum Gasteiger partial charge on any atom is -0.309 e. The molecule has 3 heterocycles. The van der Waals surface area contributed by atoms with Crippen molar-refractivity contribution >= 4 is 43.6 Å². The molecule has 5 nitrogen and oxygen atoms in total. The van der Waals surface area contributed by atoms with Gasteiger partial charge in [-0.15, -0.1) is 0 Å². The number of fused-ring (bicyclic) bond motifs is 6. The van der Waals surface area contributed by atoms with Crippen LogP contribution in [0.1, 0.15) is 0 Å². The molecular weight excluding hydrogens is 755 g/mol. The average molecular weight is 792 g/mol. The lowest BCUT2D eigenvalue weighted by atomic mass is 10.0. The molecule has 0 saturated carbocycles. The van der Waals surface area contributed by atoms with Crippen LogP contribution in [0.2, 0.25) is 0 Å². The Morgan fingerprint density at radius 3 is 1.34 bits per heavy atom. The molecule has 12 rings (SSSR count). The van der Waals surface area contributed by atoms with Gasteiger partial charge in [-0.25, -0.2) is 15.0 Å². The third-order valence-corrected chi connectivity index (χ3v) is 12.0. The summed E-state index contributed by atoms with van der Waals surface area (Å²) >= 11 is 0. The molecule has 9 aromatic carbocycles. The van der Waals surface area contributed by atoms with Gasteiger partial charge in [0, 0.05) is 49.6 Å². The Morgan fingerprint density at radius 1 is 0.226 bits per heavy atom. The molecule has 5 heteroatoms. The van der Waals surface area contributed by atoms with Crippen molar-refractivity contribution in [3.8, 4) is 67.8 Å². The molecule has 0 saturated heterocycles. The Kier molecular flexibility index (Phi) is 8.42. The Labute approximate surface area is 358 Å². The van der Waals surface area contributed by atoms with Gasteiger partial charge in [-0.1, -0.05) is 170 Å². The quantitative estimate of drug-likeness (QED) is 0.162. The van der Waals surface area contributed by atoms with Crippen LogP contribution < -0.4 is 0 Å². The molecule has 0 amide bonds. The van der Waals surface area contributed by atoms with E-state index >= 15 is 0 Å². The van der Waals surface area contributed by atoms with E-state index in [0.29, 0.717) is 17.5 Å². The fourth-order valence-electron chi connectivity index (χ4n) is 9.01. The second-order valence-corrected chi connectivity index (χ2v) is 15.7. The van der Waals surface area contributed by atoms with Crippen LogP contribution >= 0.6 is 0 Å². The molecule has 290 valence electrons. The predicted octanol–water partition coefficient (Wildman–Crippen LogP) is 14.4. The zero-order valence-electron chi connectivity index (χ0n) is 33.6. The first kappa shape index (κ1) is 35.5. The SMILES string of the molecule is c1ccc(-c2ccc(-c3nc(-c4ccccc4)nc(-c4cccc(-n5c6ccccc6c6cc(-c7ccc8c9ccccc9n(-c9ccccc9)c8c7)ccc65)c4)n3)cc2)cc1. The molecule has 62 heavy (non-hydrogen) atoms. The van der Waals surface area contributed by atoms with Crippen molar-refractivity contribution in [2.75, 3.05) is 0 Å². The minimum atomic E-state index is 0.620. The van der Waals surface area contributed by atoms with Crippen molar-refractivity contribution in [3.63, 3.8) is 0 Å². The molecular formula is C57H37N5. The predicted molar refractivity (Wildman–Crippen MR) is 256 cm³/mol. The number of hydrogen-bond donors (Lipinski definition) is 0. The Balaban J connectivity index is 0.973. The number of benzene rings is 9. The van der Waals surface area contributed by atoms with Gasteiger partial charge in [0.2, 0.25) is 0 Å². The van der Waals surface area contributed by atoms with Crippen molar-refractivity contribution in [1.82, 2.24) is 24.1 Å². The third-order valence-electron chi connectivity index (χ3n) is 12.0. The van der Waals surface area contributed by atoms with Gasteiger partial charge in [-0.3, -0.25) is 0 Å². The zero-order chi connectivity index (χ0) is 41.0. The first-order chi connectivity index (χ1) is 30.7. The van der Waals surface area contributed by atoms with Crippen LogP contribution in [0.3, 0.4) is 0 Å². The summed E-state index contributed by atoms with van der Waals surface area (Å²) in [5.74, 6) is 1.88. The largest absolute Gasteiger partial charge is 0.309 e. The van der Waals surface area contributed by atoms with E-state index in [1.165, 1.54) is 49.3 Å². The first-order valence-electron chi connectivity index (χ1n) is 20.9. The molecule has 0 atom stereocenters. The lowest BCUT2D eigenvalue weighted by Gasteiger charge is -2.12. The summed E-state index contributed by atoms with van der Waals surface area (Å²) in [5.41, 5.74) is 14.3. The van der Waals surface area contributed by atoms with Crippen molar-refractivity contribution in [3.05, 3.63) is 224 Å². The Hall–Kier alpha value is -8.41. The molecule has 0 unspecified atom stereocenters. The normalized spacial score (nSPS) is 11.5. The highest BCUT2D eigenvalue weighted by molar-refractivity contribution is 6.12. The maximum atomic E-state index is 5.12. The number of hydrogen-bond acceptors (Lipinski definition) is 3. The maximum absolute atomic E-state index is 5.12. The summed E-state index contributed by atoms with van der Waals surface area (Å²) in [6.45, 7) is 0. The van der Waals surface area contributed by atoms with Crippen LogP contribution in [0.15, 0.2) is 224 Å². The van der Waals surface area contributed by atoms with Crippen molar-refractivity contribution in [2.24, 2.45) is 0 Å². The average Bonchev–Trinajstić information content (AvgIpc) is 3.87. The molecule has 0 aliphatic rings. The lowest BCUT2D eigenvalue weighted by molar-refractivity contribution is 1.07. The van der Waals surface area contributed by atoms with E-state index in [-0.39, 0.29) is 0 Å². The van der Waals surface area contributed by atoms with Crippen molar-refractivity contribution in [2.45, 2.75) is 0 Å². The van der Waals surface area contributed by atoms with Gasteiger partial charge < -0.3 is 9.13 Å². The van der Waals surface area contributed by atoms with Gasteiger partial charge in [0.25, 0.3) is 0 Å². The number of rotatable bonds is 7. The molecule has 0 aliphatic carbocycles. The Morgan fingerprint density at radius 2 is 0.645 bits per heavy atom. The van der Waals surface area contributed by atoms with Gasteiger partial charge in [0.15, 0.2) is 17.5 Å². The molecule has 3 aromatic heterocycles. The van der Waals surface area contributed by atoms with Gasteiger partial charge >= 0.3 is 0 Å². The second-order valence-electron chi connectivity index (χ2n) is 15.7. The van der Waals surface area contributed by atoms with E-state index in [1.54, 1.807) is 0 Å². The van der Waals surface area contributed by atoms with Crippen LogP contribution in [-0.2, 0) is 0 Å². The first-order valence-corrected chi connectivity index (χ1v) is 20.9. The number of para-hydroxylation sites is 3. The number of nitrogens with zero attached hydrogens (tertiary/aromatic N) is 5. The van der Waals surface area contributed by atoms with E-state index in [2.05, 4.69) is 197 Å². The molecule has 12 aromatic rings. The summed E-state index contributed by atoms with van der Waals surface area (Å²) in [7, 11) is 0. The highest BCUT2D eigenvalue weighted by Gasteiger charge is 2.18. The van der Waals surface area contributed by atoms with E-state index in [9.17, 15) is 0 Å². The molecule has 0 aliphatic heterocycles. The standard InChI is InChI=1S/C57H37N5/c1-4-15-38(16-5-1)39-27-29-41(30-28-39)56-58-55(40-17-6-2-7-18-40)59-57(60-56)44-19-14-22-46(35-44)62-52-26-13-11-24-48(52)50-36-42(32-34-53(50)62)43-31-33-49-47-23-10-12-25-51(47)61(54(49)37-43)45-20-8-3-9-21-45/h1-37H. The molecule has 0 spiro atoms. The van der Waals surface area contributed by atoms with Crippen LogP contribution in [0, 0.1) is 0 Å². The Bertz CT molecular complexity index is 3610. The summed E-state index contributed by atoms with van der Waals surface area (Å²) < 4.78 is 4.74. The van der Waals surface area contributed by atoms with Gasteiger partial charge in [-0.05, 0) is 76.9 Å². The van der Waals surface area contributed by atoms with Crippen molar-refractivity contribution in [1.29, 1.82) is 0 Å². The molecule has 0 radical (unpaired) electrons. The highest BCUT2D eigenvalue weighted by Crippen LogP contribution is 2.39. The van der Waals surface area contributed by atoms with Crippen LogP contribution in [0.4, 0.5) is 0 Å².